The molecule has 20 heavy (non-hydrogen) atoms. The Morgan fingerprint density at radius 2 is 2.20 bits per heavy atom. The van der Waals surface area contributed by atoms with Gasteiger partial charge in [0.25, 0.3) is 5.69 Å². The minimum atomic E-state index is -1.30. The molecule has 1 aromatic carbocycles. The number of rotatable bonds is 3. The number of morpholine rings is 1. The molecule has 0 aliphatic carbocycles. The maximum Gasteiger partial charge on any atom is 0.342 e. The zero-order chi connectivity index (χ0) is 14.9. The molecule has 1 aromatic rings. The molecule has 1 aliphatic rings. The van der Waals surface area contributed by atoms with Crippen LogP contribution in [0.15, 0.2) is 18.2 Å². The van der Waals surface area contributed by atoms with E-state index in [0.717, 1.165) is 0 Å². The molecular weight excluding hydrogens is 264 g/mol. The number of nitrogens with zero attached hydrogens (tertiary/aromatic N) is 2. The van der Waals surface area contributed by atoms with E-state index in [2.05, 4.69) is 0 Å². The van der Waals surface area contributed by atoms with Gasteiger partial charge in [0.2, 0.25) is 0 Å². The molecule has 108 valence electrons. The molecule has 0 atom stereocenters. The van der Waals surface area contributed by atoms with E-state index in [-0.39, 0.29) is 16.9 Å². The van der Waals surface area contributed by atoms with Crippen molar-refractivity contribution >= 4 is 17.3 Å². The van der Waals surface area contributed by atoms with Crippen LogP contribution in [0, 0.1) is 10.1 Å². The lowest BCUT2D eigenvalue weighted by Crippen LogP contribution is -2.48. The van der Waals surface area contributed by atoms with Crippen LogP contribution in [0.4, 0.5) is 11.4 Å². The van der Waals surface area contributed by atoms with Crippen LogP contribution >= 0.6 is 0 Å². The second-order valence-electron chi connectivity index (χ2n) is 5.29. The number of nitro benzene ring substituents is 1. The fraction of sp³-hybridized carbons (Fsp3) is 0.462. The number of anilines is 1. The number of hydrogen-bond donors (Lipinski definition) is 1. The Bertz CT molecular complexity index is 556. The van der Waals surface area contributed by atoms with Crippen molar-refractivity contribution in [2.45, 2.75) is 19.4 Å². The third-order valence-corrected chi connectivity index (χ3v) is 3.20. The summed E-state index contributed by atoms with van der Waals surface area (Å²) in [6.07, 6.45) is 0. The van der Waals surface area contributed by atoms with Gasteiger partial charge in [0, 0.05) is 24.8 Å². The molecule has 7 nitrogen and oxygen atoms in total. The smallest absolute Gasteiger partial charge is 0.342 e. The molecule has 1 aliphatic heterocycles. The summed E-state index contributed by atoms with van der Waals surface area (Å²) in [7, 11) is 0. The SMILES string of the molecule is CC1(C)CN(c2ccc(C(=O)O)c([N+](=O)[O-])c2)CCO1. The van der Waals surface area contributed by atoms with Gasteiger partial charge < -0.3 is 14.7 Å². The topological polar surface area (TPSA) is 92.9 Å². The van der Waals surface area contributed by atoms with E-state index >= 15 is 0 Å². The average Bonchev–Trinajstić information content (AvgIpc) is 2.36. The fourth-order valence-electron chi connectivity index (χ4n) is 2.29. The van der Waals surface area contributed by atoms with E-state index in [0.29, 0.717) is 25.4 Å². The molecule has 0 bridgehead atoms. The first-order chi connectivity index (χ1) is 9.30. The Labute approximate surface area is 115 Å². The van der Waals surface area contributed by atoms with Gasteiger partial charge in [-0.3, -0.25) is 10.1 Å². The summed E-state index contributed by atoms with van der Waals surface area (Å²) in [6, 6.07) is 4.18. The fourth-order valence-corrected chi connectivity index (χ4v) is 2.29. The number of carboxylic acids is 1. The summed E-state index contributed by atoms with van der Waals surface area (Å²) >= 11 is 0. The van der Waals surface area contributed by atoms with Gasteiger partial charge in [-0.25, -0.2) is 4.79 Å². The largest absolute Gasteiger partial charge is 0.477 e. The van der Waals surface area contributed by atoms with Crippen LogP contribution in [0.25, 0.3) is 0 Å². The van der Waals surface area contributed by atoms with Crippen LogP contribution in [-0.4, -0.2) is 41.3 Å². The van der Waals surface area contributed by atoms with Gasteiger partial charge in [-0.2, -0.15) is 0 Å². The van der Waals surface area contributed by atoms with Crippen molar-refractivity contribution in [3.63, 3.8) is 0 Å². The molecule has 0 saturated carbocycles. The minimum absolute atomic E-state index is 0.300. The highest BCUT2D eigenvalue weighted by molar-refractivity contribution is 5.93. The second-order valence-corrected chi connectivity index (χ2v) is 5.29. The van der Waals surface area contributed by atoms with Crippen LogP contribution in [0.1, 0.15) is 24.2 Å². The molecular formula is C13H16N2O5. The highest BCUT2D eigenvalue weighted by Crippen LogP contribution is 2.28. The van der Waals surface area contributed by atoms with Crippen molar-refractivity contribution in [3.8, 4) is 0 Å². The zero-order valence-electron chi connectivity index (χ0n) is 11.3. The van der Waals surface area contributed by atoms with Gasteiger partial charge in [0.1, 0.15) is 5.56 Å². The van der Waals surface area contributed by atoms with E-state index < -0.39 is 10.9 Å². The van der Waals surface area contributed by atoms with E-state index in [4.69, 9.17) is 9.84 Å². The van der Waals surface area contributed by atoms with Crippen LogP contribution in [-0.2, 0) is 4.74 Å². The van der Waals surface area contributed by atoms with Gasteiger partial charge in [0.05, 0.1) is 17.1 Å². The Balaban J connectivity index is 2.36. The van der Waals surface area contributed by atoms with Gasteiger partial charge in [0.15, 0.2) is 0 Å². The summed E-state index contributed by atoms with van der Waals surface area (Å²) in [5.41, 5.74) is -0.387. The lowest BCUT2D eigenvalue weighted by Gasteiger charge is -2.39. The van der Waals surface area contributed by atoms with E-state index in [1.54, 1.807) is 6.07 Å². The first-order valence-electron chi connectivity index (χ1n) is 6.21. The highest BCUT2D eigenvalue weighted by Gasteiger charge is 2.29. The summed E-state index contributed by atoms with van der Waals surface area (Å²) in [6.45, 7) is 5.63. The van der Waals surface area contributed by atoms with E-state index in [1.807, 2.05) is 18.7 Å². The van der Waals surface area contributed by atoms with Crippen molar-refractivity contribution < 1.29 is 19.6 Å². The molecule has 0 radical (unpaired) electrons. The normalized spacial score (nSPS) is 17.8. The molecule has 0 aromatic heterocycles. The molecule has 1 saturated heterocycles. The predicted octanol–water partition coefficient (Wildman–Crippen LogP) is 1.91. The van der Waals surface area contributed by atoms with Gasteiger partial charge in [-0.05, 0) is 26.0 Å². The Kier molecular flexibility index (Phi) is 3.63. The Hall–Kier alpha value is -2.15. The molecule has 7 heteroatoms. The van der Waals surface area contributed by atoms with Crippen molar-refractivity contribution in [1.29, 1.82) is 0 Å². The van der Waals surface area contributed by atoms with Gasteiger partial charge in [-0.15, -0.1) is 0 Å². The number of ether oxygens (including phenoxy) is 1. The first kappa shape index (κ1) is 14.3. The van der Waals surface area contributed by atoms with Gasteiger partial charge >= 0.3 is 5.97 Å². The summed E-state index contributed by atoms with van der Waals surface area (Å²) in [5, 5.41) is 19.9. The quantitative estimate of drug-likeness (QED) is 0.671. The second kappa shape index (κ2) is 5.09. The molecule has 1 heterocycles. The summed E-state index contributed by atoms with van der Waals surface area (Å²) < 4.78 is 5.59. The van der Waals surface area contributed by atoms with E-state index in [9.17, 15) is 14.9 Å². The maximum atomic E-state index is 11.0. The van der Waals surface area contributed by atoms with E-state index in [1.165, 1.54) is 12.1 Å². The van der Waals surface area contributed by atoms with Crippen molar-refractivity contribution in [3.05, 3.63) is 33.9 Å². The number of nitro groups is 1. The third kappa shape index (κ3) is 2.88. The molecule has 1 N–H and O–H groups in total. The monoisotopic (exact) mass is 280 g/mol. The first-order valence-corrected chi connectivity index (χ1v) is 6.21. The Morgan fingerprint density at radius 3 is 2.75 bits per heavy atom. The third-order valence-electron chi connectivity index (χ3n) is 3.20. The van der Waals surface area contributed by atoms with Crippen LogP contribution in [0.2, 0.25) is 0 Å². The molecule has 2 rings (SSSR count). The minimum Gasteiger partial charge on any atom is -0.477 e. The number of hydrogen-bond acceptors (Lipinski definition) is 5. The Morgan fingerprint density at radius 1 is 1.50 bits per heavy atom. The number of carbonyl (C=O) groups is 1. The van der Waals surface area contributed by atoms with Crippen LogP contribution in [0.3, 0.4) is 0 Å². The number of carboxylic acid groups (broad SMARTS) is 1. The maximum absolute atomic E-state index is 11.0. The van der Waals surface area contributed by atoms with Gasteiger partial charge in [-0.1, -0.05) is 0 Å². The average molecular weight is 280 g/mol. The number of benzene rings is 1. The summed E-state index contributed by atoms with van der Waals surface area (Å²) in [5.74, 6) is -1.30. The van der Waals surface area contributed by atoms with Crippen molar-refractivity contribution in [2.75, 3.05) is 24.6 Å². The molecule has 1 fully saturated rings. The summed E-state index contributed by atoms with van der Waals surface area (Å²) in [4.78, 5) is 23.3. The number of aromatic carboxylic acids is 1. The van der Waals surface area contributed by atoms with Crippen molar-refractivity contribution in [2.24, 2.45) is 0 Å². The van der Waals surface area contributed by atoms with Crippen molar-refractivity contribution in [1.82, 2.24) is 0 Å². The van der Waals surface area contributed by atoms with Crippen LogP contribution in [0.5, 0.6) is 0 Å². The zero-order valence-corrected chi connectivity index (χ0v) is 11.3. The lowest BCUT2D eigenvalue weighted by atomic mass is 10.1. The molecule has 0 spiro atoms. The molecule has 0 unspecified atom stereocenters. The lowest BCUT2D eigenvalue weighted by molar-refractivity contribution is -0.385. The molecule has 0 amide bonds. The standard InChI is InChI=1S/C13H16N2O5/c1-13(2)8-14(5-6-20-13)9-3-4-10(12(16)17)11(7-9)15(18)19/h3-4,7H,5-6,8H2,1-2H3,(H,16,17). The van der Waals surface area contributed by atoms with Crippen LogP contribution < -0.4 is 4.90 Å². The highest BCUT2D eigenvalue weighted by atomic mass is 16.6. The predicted molar refractivity (Wildman–Crippen MR) is 72.3 cm³/mol.